The molecule has 0 fully saturated rings. The minimum Gasteiger partial charge on any atom is -0.400 e. The Morgan fingerprint density at radius 1 is 1.86 bits per heavy atom. The number of ether oxygens (including phenoxy) is 1. The Balaban J connectivity index is 3.17. The van der Waals surface area contributed by atoms with Crippen molar-refractivity contribution in [1.29, 1.82) is 0 Å². The molecular formula is C5H11NO. The highest BCUT2D eigenvalue weighted by Crippen LogP contribution is 1.79. The Bertz CT molecular complexity index is 68.5. The summed E-state index contributed by atoms with van der Waals surface area (Å²) in [6, 6.07) is 0. The molecule has 0 heterocycles. The Morgan fingerprint density at radius 2 is 2.43 bits per heavy atom. The summed E-state index contributed by atoms with van der Waals surface area (Å²) in [6.45, 7) is 2.42. The van der Waals surface area contributed by atoms with Crippen LogP contribution < -0.4 is 5.73 Å². The minimum atomic E-state index is 0.538. The molecule has 0 radical (unpaired) electrons. The predicted molar refractivity (Wildman–Crippen MR) is 29.8 cm³/mol. The lowest BCUT2D eigenvalue weighted by atomic mass is 10.5. The average molecular weight is 101 g/mol. The summed E-state index contributed by atoms with van der Waals surface area (Å²) in [5.41, 5.74) is 6.10. The molecule has 0 aliphatic carbocycles. The molecule has 0 aliphatic rings. The number of methoxy groups -OCH3 is 1. The van der Waals surface area contributed by atoms with Gasteiger partial charge in [0.2, 0.25) is 0 Å². The second-order valence-corrected chi connectivity index (χ2v) is 1.30. The number of nitrogens with two attached hydrogens (primary N) is 1. The van der Waals surface area contributed by atoms with Crippen molar-refractivity contribution in [3.05, 3.63) is 11.8 Å². The topological polar surface area (TPSA) is 35.2 Å². The lowest BCUT2D eigenvalue weighted by molar-refractivity contribution is 0.224. The smallest absolute Gasteiger partial charge is 0.0853 e. The first-order valence-corrected chi connectivity index (χ1v) is 2.21. The second-order valence-electron chi connectivity index (χ2n) is 1.30. The van der Waals surface area contributed by atoms with Crippen LogP contribution in [-0.2, 0) is 4.74 Å². The molecule has 42 valence electrons. The molecule has 2 nitrogen and oxygen atoms in total. The minimum absolute atomic E-state index is 0.538. The number of rotatable bonds is 2. The fraction of sp³-hybridized carbons (Fsp3) is 0.600. The van der Waals surface area contributed by atoms with Crippen LogP contribution in [0.15, 0.2) is 11.8 Å². The highest BCUT2D eigenvalue weighted by molar-refractivity contribution is 4.93. The zero-order valence-electron chi connectivity index (χ0n) is 4.77. The summed E-state index contributed by atoms with van der Waals surface area (Å²) in [4.78, 5) is 0. The molecule has 0 atom stereocenters. The van der Waals surface area contributed by atoms with E-state index in [1.54, 1.807) is 7.11 Å². The van der Waals surface area contributed by atoms with Crippen molar-refractivity contribution in [1.82, 2.24) is 0 Å². The lowest BCUT2D eigenvalue weighted by Gasteiger charge is -1.93. The van der Waals surface area contributed by atoms with E-state index in [1.165, 1.54) is 0 Å². The van der Waals surface area contributed by atoms with Gasteiger partial charge in [-0.2, -0.15) is 0 Å². The Morgan fingerprint density at radius 3 is 2.57 bits per heavy atom. The van der Waals surface area contributed by atoms with Gasteiger partial charge in [-0.25, -0.2) is 0 Å². The first-order chi connectivity index (χ1) is 3.31. The molecular weight excluding hydrogens is 90.1 g/mol. The molecule has 2 heteroatoms. The molecule has 0 aliphatic heterocycles. The molecule has 0 unspecified atom stereocenters. The molecule has 0 aromatic heterocycles. The molecule has 2 N–H and O–H groups in total. The van der Waals surface area contributed by atoms with Gasteiger partial charge in [-0.05, 0) is 6.92 Å². The fourth-order valence-electron chi connectivity index (χ4n) is 0.250. The van der Waals surface area contributed by atoms with Crippen molar-refractivity contribution in [2.75, 3.05) is 13.7 Å². The van der Waals surface area contributed by atoms with Crippen molar-refractivity contribution in [2.45, 2.75) is 6.92 Å². The summed E-state index contributed by atoms with van der Waals surface area (Å²) >= 11 is 0. The molecule has 0 aromatic rings. The molecule has 7 heavy (non-hydrogen) atoms. The van der Waals surface area contributed by atoms with E-state index in [0.29, 0.717) is 6.61 Å². The Hall–Kier alpha value is -0.500. The van der Waals surface area contributed by atoms with Gasteiger partial charge in [0.05, 0.1) is 6.61 Å². The molecule has 0 bridgehead atoms. The maximum atomic E-state index is 5.32. The van der Waals surface area contributed by atoms with Crippen LogP contribution in [0, 0.1) is 0 Å². The summed E-state index contributed by atoms with van der Waals surface area (Å²) < 4.78 is 4.70. The normalized spacial score (nSPS) is 12.0. The van der Waals surface area contributed by atoms with E-state index in [9.17, 15) is 0 Å². The first-order valence-electron chi connectivity index (χ1n) is 2.21. The number of allylic oxidation sites excluding steroid dienone is 1. The van der Waals surface area contributed by atoms with Crippen molar-refractivity contribution in [3.8, 4) is 0 Å². The van der Waals surface area contributed by atoms with E-state index in [2.05, 4.69) is 0 Å². The molecule has 0 rings (SSSR count). The first kappa shape index (κ1) is 6.50. The van der Waals surface area contributed by atoms with E-state index in [-0.39, 0.29) is 0 Å². The van der Waals surface area contributed by atoms with Gasteiger partial charge in [0.1, 0.15) is 0 Å². The van der Waals surface area contributed by atoms with Crippen LogP contribution in [-0.4, -0.2) is 13.7 Å². The molecule has 0 saturated carbocycles. The van der Waals surface area contributed by atoms with Crippen LogP contribution in [0.4, 0.5) is 0 Å². The van der Waals surface area contributed by atoms with E-state index in [4.69, 9.17) is 10.5 Å². The standard InChI is InChI=1S/C5H11NO/c1-3-5(6)4-7-2/h3H,4,6H2,1-2H3/b5-3+. The fourth-order valence-corrected chi connectivity index (χ4v) is 0.250. The van der Waals surface area contributed by atoms with Crippen molar-refractivity contribution in [3.63, 3.8) is 0 Å². The maximum Gasteiger partial charge on any atom is 0.0853 e. The van der Waals surface area contributed by atoms with E-state index in [0.717, 1.165) is 5.70 Å². The van der Waals surface area contributed by atoms with Crippen LogP contribution in [0.3, 0.4) is 0 Å². The zero-order valence-corrected chi connectivity index (χ0v) is 4.77. The average Bonchev–Trinajstić information content (AvgIpc) is 1.68. The van der Waals surface area contributed by atoms with Gasteiger partial charge in [0.15, 0.2) is 0 Å². The van der Waals surface area contributed by atoms with E-state index in [1.807, 2.05) is 13.0 Å². The van der Waals surface area contributed by atoms with Gasteiger partial charge < -0.3 is 10.5 Å². The van der Waals surface area contributed by atoms with Crippen LogP contribution >= 0.6 is 0 Å². The van der Waals surface area contributed by atoms with Crippen molar-refractivity contribution < 1.29 is 4.74 Å². The van der Waals surface area contributed by atoms with Crippen molar-refractivity contribution in [2.24, 2.45) is 5.73 Å². The van der Waals surface area contributed by atoms with Gasteiger partial charge in [-0.15, -0.1) is 0 Å². The van der Waals surface area contributed by atoms with Gasteiger partial charge in [-0.3, -0.25) is 0 Å². The monoisotopic (exact) mass is 101 g/mol. The molecule has 0 amide bonds. The van der Waals surface area contributed by atoms with E-state index < -0.39 is 0 Å². The zero-order chi connectivity index (χ0) is 5.70. The van der Waals surface area contributed by atoms with Gasteiger partial charge >= 0.3 is 0 Å². The van der Waals surface area contributed by atoms with Crippen LogP contribution in [0.5, 0.6) is 0 Å². The third kappa shape index (κ3) is 3.33. The number of hydrogen-bond acceptors (Lipinski definition) is 2. The molecule has 0 saturated heterocycles. The van der Waals surface area contributed by atoms with Crippen molar-refractivity contribution >= 4 is 0 Å². The largest absolute Gasteiger partial charge is 0.400 e. The quantitative estimate of drug-likeness (QED) is 0.549. The third-order valence-corrected chi connectivity index (χ3v) is 0.682. The molecule has 0 aromatic carbocycles. The Kier molecular flexibility index (Phi) is 3.42. The van der Waals surface area contributed by atoms with Gasteiger partial charge in [0, 0.05) is 12.8 Å². The Labute approximate surface area is 44.0 Å². The summed E-state index contributed by atoms with van der Waals surface area (Å²) in [5, 5.41) is 0. The third-order valence-electron chi connectivity index (χ3n) is 0.682. The SMILES string of the molecule is C/C=C(/N)COC. The van der Waals surface area contributed by atoms with Gasteiger partial charge in [-0.1, -0.05) is 6.08 Å². The van der Waals surface area contributed by atoms with Gasteiger partial charge in [0.25, 0.3) is 0 Å². The predicted octanol–water partition coefficient (Wildman–Crippen LogP) is 0.495. The van der Waals surface area contributed by atoms with Crippen LogP contribution in [0.1, 0.15) is 6.92 Å². The molecule has 0 spiro atoms. The highest BCUT2D eigenvalue weighted by Gasteiger charge is 1.79. The second kappa shape index (κ2) is 3.68. The maximum absolute atomic E-state index is 5.32. The van der Waals surface area contributed by atoms with Crippen LogP contribution in [0.25, 0.3) is 0 Å². The summed E-state index contributed by atoms with van der Waals surface area (Å²) in [7, 11) is 1.62. The van der Waals surface area contributed by atoms with E-state index >= 15 is 0 Å². The number of hydrogen-bond donors (Lipinski definition) is 1. The lowest BCUT2D eigenvalue weighted by Crippen LogP contribution is -2.03. The van der Waals surface area contributed by atoms with Crippen LogP contribution in [0.2, 0.25) is 0 Å². The summed E-state index contributed by atoms with van der Waals surface area (Å²) in [6.07, 6.45) is 1.82. The summed E-state index contributed by atoms with van der Waals surface area (Å²) in [5.74, 6) is 0. The highest BCUT2D eigenvalue weighted by atomic mass is 16.5.